The first-order valence-electron chi connectivity index (χ1n) is 13.0. The molecule has 6 aliphatic carbocycles. The third-order valence-electron chi connectivity index (χ3n) is 7.51. The van der Waals surface area contributed by atoms with Crippen molar-refractivity contribution in [3.05, 3.63) is 120 Å². The van der Waals surface area contributed by atoms with Gasteiger partial charge < -0.3 is 0 Å². The van der Waals surface area contributed by atoms with E-state index < -0.39 is 0 Å². The lowest BCUT2D eigenvalue weighted by molar-refractivity contribution is 0.100. The number of fused-ring (bicyclic) bond motifs is 3. The van der Waals surface area contributed by atoms with Crippen LogP contribution in [0.2, 0.25) is 0 Å². The lowest BCUT2D eigenvalue weighted by Crippen LogP contribution is -2.00. The maximum Gasteiger partial charge on any atom is 0.161 e. The van der Waals surface area contributed by atoms with Gasteiger partial charge in [0.05, 0.1) is 0 Å². The maximum absolute atomic E-state index is 13.7. The molecule has 6 rings (SSSR count). The van der Waals surface area contributed by atoms with E-state index in [4.69, 9.17) is 0 Å². The fourth-order valence-electron chi connectivity index (χ4n) is 5.92. The number of Topliss-reactive ketones (excluding diaryl/α,β-unsaturated/α-hetero) is 3. The minimum Gasteiger partial charge on any atom is -0.294 e. The zero-order chi connectivity index (χ0) is 27.3. The highest BCUT2D eigenvalue weighted by atomic mass is 16.1. The first-order chi connectivity index (χ1) is 18.9. The molecule has 0 aromatic heterocycles. The maximum atomic E-state index is 13.7. The van der Waals surface area contributed by atoms with E-state index in [2.05, 4.69) is 0 Å². The van der Waals surface area contributed by atoms with Crippen molar-refractivity contribution < 1.29 is 14.4 Å². The van der Waals surface area contributed by atoms with Crippen molar-refractivity contribution in [1.29, 1.82) is 0 Å². The standard InChI is InChI=1S/C36H26O3/c1-21(37)30-19-24-13-7-4-9-15-26(24)33(30)35-28-17-11-6-12-18-29(28)36(32(35)23(3)39)34-27-16-10-5-8-14-25(27)20-31(34)22(2)38/h4-20H,1-3H3. The Morgan fingerprint density at radius 3 is 1.13 bits per heavy atom. The molecule has 39 heavy (non-hydrogen) atoms. The molecule has 0 unspecified atom stereocenters. The minimum absolute atomic E-state index is 0.0650. The Bertz CT molecular complexity index is 1720. The van der Waals surface area contributed by atoms with E-state index in [0.717, 1.165) is 55.6 Å². The zero-order valence-electron chi connectivity index (χ0n) is 22.0. The summed E-state index contributed by atoms with van der Waals surface area (Å²) in [6.07, 6.45) is 0. The van der Waals surface area contributed by atoms with Crippen LogP contribution in [0.4, 0.5) is 0 Å². The van der Waals surface area contributed by atoms with Crippen molar-refractivity contribution in [2.24, 2.45) is 0 Å². The van der Waals surface area contributed by atoms with Gasteiger partial charge in [0.25, 0.3) is 0 Å². The van der Waals surface area contributed by atoms with Crippen molar-refractivity contribution >= 4 is 17.3 Å². The molecule has 6 aliphatic rings. The van der Waals surface area contributed by atoms with E-state index in [1.165, 1.54) is 0 Å². The molecule has 188 valence electrons. The Labute approximate surface area is 227 Å². The van der Waals surface area contributed by atoms with Gasteiger partial charge in [-0.3, -0.25) is 14.4 Å². The molecule has 3 heteroatoms. The van der Waals surface area contributed by atoms with Gasteiger partial charge in [-0.15, -0.1) is 0 Å². The van der Waals surface area contributed by atoms with Crippen LogP contribution in [0.15, 0.2) is 103 Å². The quantitative estimate of drug-likeness (QED) is 0.219. The Kier molecular flexibility index (Phi) is 5.92. The summed E-state index contributed by atoms with van der Waals surface area (Å²) in [5, 5.41) is 0. The molecule has 0 aliphatic heterocycles. The zero-order valence-corrected chi connectivity index (χ0v) is 22.0. The minimum atomic E-state index is -0.118. The normalized spacial score (nSPS) is 11.3. The smallest absolute Gasteiger partial charge is 0.161 e. The summed E-state index contributed by atoms with van der Waals surface area (Å²) >= 11 is 0. The third-order valence-corrected chi connectivity index (χ3v) is 7.51. The number of carbonyl (C=O) groups is 3. The average Bonchev–Trinajstić information content (AvgIpc) is 3.26. The molecule has 0 bridgehead atoms. The van der Waals surface area contributed by atoms with E-state index in [9.17, 15) is 14.4 Å². The van der Waals surface area contributed by atoms with Crippen molar-refractivity contribution in [2.45, 2.75) is 20.8 Å². The second kappa shape index (κ2) is 9.45. The number of hydrogen-bond donors (Lipinski definition) is 0. The van der Waals surface area contributed by atoms with Gasteiger partial charge >= 0.3 is 0 Å². The van der Waals surface area contributed by atoms with Crippen LogP contribution in [-0.2, 0) is 0 Å². The molecule has 0 amide bonds. The highest BCUT2D eigenvalue weighted by molar-refractivity contribution is 6.23. The fraction of sp³-hybridized carbons (Fsp3) is 0.0833. The van der Waals surface area contributed by atoms with Crippen LogP contribution >= 0.6 is 0 Å². The van der Waals surface area contributed by atoms with Crippen molar-refractivity contribution in [3.63, 3.8) is 0 Å². The Balaban J connectivity index is 1.84. The van der Waals surface area contributed by atoms with Crippen LogP contribution in [0.3, 0.4) is 0 Å². The molecule has 0 heterocycles. The topological polar surface area (TPSA) is 51.2 Å². The van der Waals surface area contributed by atoms with Crippen LogP contribution in [0.25, 0.3) is 55.6 Å². The van der Waals surface area contributed by atoms with Gasteiger partial charge in [0.2, 0.25) is 0 Å². The van der Waals surface area contributed by atoms with Crippen LogP contribution in [0.1, 0.15) is 51.8 Å². The van der Waals surface area contributed by atoms with Gasteiger partial charge in [-0.25, -0.2) is 0 Å². The molecule has 0 atom stereocenters. The van der Waals surface area contributed by atoms with Gasteiger partial charge in [-0.2, -0.15) is 0 Å². The molecule has 0 saturated heterocycles. The number of hydrogen-bond acceptors (Lipinski definition) is 3. The molecular weight excluding hydrogens is 480 g/mol. The van der Waals surface area contributed by atoms with Crippen molar-refractivity contribution in [1.82, 2.24) is 0 Å². The first-order valence-corrected chi connectivity index (χ1v) is 13.0. The van der Waals surface area contributed by atoms with Crippen LogP contribution in [0.5, 0.6) is 0 Å². The Morgan fingerprint density at radius 1 is 0.410 bits per heavy atom. The predicted octanol–water partition coefficient (Wildman–Crippen LogP) is 8.94. The lowest BCUT2D eigenvalue weighted by Gasteiger charge is -2.10. The average molecular weight is 507 g/mol. The summed E-state index contributed by atoms with van der Waals surface area (Å²) in [4.78, 5) is 39.8. The lowest BCUT2D eigenvalue weighted by atomic mass is 9.91. The summed E-state index contributed by atoms with van der Waals surface area (Å²) in [7, 11) is 0. The largest absolute Gasteiger partial charge is 0.294 e. The van der Waals surface area contributed by atoms with Gasteiger partial charge in [0, 0.05) is 38.9 Å². The van der Waals surface area contributed by atoms with Crippen LogP contribution in [0, 0.1) is 0 Å². The predicted molar refractivity (Wildman–Crippen MR) is 157 cm³/mol. The van der Waals surface area contributed by atoms with Gasteiger partial charge in [0.1, 0.15) is 0 Å². The molecule has 3 nitrogen and oxygen atoms in total. The van der Waals surface area contributed by atoms with E-state index in [1.54, 1.807) is 20.8 Å². The molecule has 0 N–H and O–H groups in total. The van der Waals surface area contributed by atoms with Gasteiger partial charge in [-0.1, -0.05) is 91.0 Å². The van der Waals surface area contributed by atoms with Gasteiger partial charge in [0.15, 0.2) is 17.3 Å². The Morgan fingerprint density at radius 2 is 0.769 bits per heavy atom. The third kappa shape index (κ3) is 3.86. The first kappa shape index (κ1) is 24.4. The summed E-state index contributed by atoms with van der Waals surface area (Å²) in [5.74, 6) is -0.248. The van der Waals surface area contributed by atoms with Crippen LogP contribution < -0.4 is 0 Å². The highest BCUT2D eigenvalue weighted by Crippen LogP contribution is 2.54. The molecule has 0 spiro atoms. The summed E-state index contributed by atoms with van der Waals surface area (Å²) in [6, 6.07) is 33.4. The Hall–Kier alpha value is -4.89. The van der Waals surface area contributed by atoms with E-state index in [-0.39, 0.29) is 17.3 Å². The molecule has 0 saturated carbocycles. The number of rotatable bonds is 5. The summed E-state index contributed by atoms with van der Waals surface area (Å²) in [6.45, 7) is 4.70. The van der Waals surface area contributed by atoms with E-state index in [0.29, 0.717) is 16.7 Å². The molecule has 0 aromatic carbocycles. The van der Waals surface area contributed by atoms with E-state index in [1.807, 2.05) is 103 Å². The number of ketones is 3. The second-order valence-corrected chi connectivity index (χ2v) is 9.96. The van der Waals surface area contributed by atoms with Crippen molar-refractivity contribution in [3.8, 4) is 55.6 Å². The van der Waals surface area contributed by atoms with Gasteiger partial charge in [-0.05, 0) is 66.3 Å². The summed E-state index contributed by atoms with van der Waals surface area (Å²) in [5.41, 5.74) is 10.1. The molecule has 0 aromatic rings. The van der Waals surface area contributed by atoms with E-state index >= 15 is 0 Å². The fourth-order valence-corrected chi connectivity index (χ4v) is 5.92. The monoisotopic (exact) mass is 506 g/mol. The highest BCUT2D eigenvalue weighted by Gasteiger charge is 2.34. The SMILES string of the molecule is CC(=O)c1cc2cccccc-2c1-c1c2cccccc-2c(-c2c(C(C)=O)cc3cccccc2-3)c1C(C)=O. The second-order valence-electron chi connectivity index (χ2n) is 9.96. The molecule has 0 radical (unpaired) electrons. The molecular formula is C36H26O3. The number of carbonyl (C=O) groups excluding carboxylic acids is 3. The summed E-state index contributed by atoms with van der Waals surface area (Å²) < 4.78 is 0. The molecule has 0 fully saturated rings. The van der Waals surface area contributed by atoms with Crippen LogP contribution in [-0.4, -0.2) is 17.3 Å². The van der Waals surface area contributed by atoms with Crippen molar-refractivity contribution in [2.75, 3.05) is 0 Å².